The molecule has 96 valence electrons. The molecule has 4 heteroatoms. The highest BCUT2D eigenvalue weighted by Gasteiger charge is 2.45. The third-order valence-corrected chi connectivity index (χ3v) is 4.72. The first-order chi connectivity index (χ1) is 8.13. The second-order valence-electron chi connectivity index (χ2n) is 6.30. The van der Waals surface area contributed by atoms with Gasteiger partial charge in [0.15, 0.2) is 0 Å². The first kappa shape index (κ1) is 11.5. The molecule has 0 aromatic rings. The highest BCUT2D eigenvalue weighted by molar-refractivity contribution is 5.84. The van der Waals surface area contributed by atoms with Crippen LogP contribution in [0.25, 0.3) is 0 Å². The van der Waals surface area contributed by atoms with Crippen LogP contribution in [0.3, 0.4) is 0 Å². The van der Waals surface area contributed by atoms with E-state index < -0.39 is 0 Å². The number of hydrogen-bond acceptors (Lipinski definition) is 3. The molecule has 0 spiro atoms. The van der Waals surface area contributed by atoms with Crippen molar-refractivity contribution in [2.24, 2.45) is 11.1 Å². The second-order valence-corrected chi connectivity index (χ2v) is 6.30. The number of nitrogens with zero attached hydrogens (tertiary/aromatic N) is 2. The standard InChI is InChI=1S/C13H23N3O/c1-13(8-14)5-7-15(9-13)11-4-6-16(12(11)17)10-2-3-10/h10-11H,2-9,14H2,1H3. The number of likely N-dealkylation sites (tertiary alicyclic amines) is 2. The van der Waals surface area contributed by atoms with Gasteiger partial charge in [-0.1, -0.05) is 6.92 Å². The fraction of sp³-hybridized carbons (Fsp3) is 0.923. The van der Waals surface area contributed by atoms with Crippen molar-refractivity contribution < 1.29 is 4.79 Å². The zero-order valence-electron chi connectivity index (χ0n) is 10.7. The maximum Gasteiger partial charge on any atom is 0.240 e. The normalized spacial score (nSPS) is 39.3. The molecular formula is C13H23N3O. The van der Waals surface area contributed by atoms with E-state index in [2.05, 4.69) is 16.7 Å². The molecule has 2 aliphatic heterocycles. The van der Waals surface area contributed by atoms with Crippen molar-refractivity contribution in [1.82, 2.24) is 9.80 Å². The lowest BCUT2D eigenvalue weighted by atomic mass is 9.90. The molecule has 1 amide bonds. The lowest BCUT2D eigenvalue weighted by molar-refractivity contribution is -0.132. The molecule has 3 aliphatic rings. The fourth-order valence-electron chi connectivity index (χ4n) is 3.27. The average Bonchev–Trinajstić information content (AvgIpc) is 2.98. The Morgan fingerprint density at radius 2 is 2.12 bits per heavy atom. The van der Waals surface area contributed by atoms with Gasteiger partial charge in [0.25, 0.3) is 0 Å². The summed E-state index contributed by atoms with van der Waals surface area (Å²) >= 11 is 0. The Morgan fingerprint density at radius 1 is 1.35 bits per heavy atom. The van der Waals surface area contributed by atoms with Crippen LogP contribution in [0.15, 0.2) is 0 Å². The minimum atomic E-state index is 0.156. The van der Waals surface area contributed by atoms with Crippen molar-refractivity contribution in [1.29, 1.82) is 0 Å². The zero-order valence-corrected chi connectivity index (χ0v) is 10.7. The summed E-state index contributed by atoms with van der Waals surface area (Å²) < 4.78 is 0. The number of nitrogens with two attached hydrogens (primary N) is 1. The number of carbonyl (C=O) groups excluding carboxylic acids is 1. The van der Waals surface area contributed by atoms with Crippen LogP contribution in [0.4, 0.5) is 0 Å². The Kier molecular flexibility index (Phi) is 2.67. The van der Waals surface area contributed by atoms with E-state index in [1.165, 1.54) is 12.8 Å². The first-order valence-electron chi connectivity index (χ1n) is 6.88. The molecule has 4 nitrogen and oxygen atoms in total. The summed E-state index contributed by atoms with van der Waals surface area (Å²) in [6, 6.07) is 0.736. The predicted molar refractivity (Wildman–Crippen MR) is 66.5 cm³/mol. The molecule has 2 N–H and O–H groups in total. The van der Waals surface area contributed by atoms with Crippen LogP contribution in [0, 0.1) is 5.41 Å². The smallest absolute Gasteiger partial charge is 0.240 e. The SMILES string of the molecule is CC1(CN)CCN(C2CCN(C3CC3)C2=O)C1. The van der Waals surface area contributed by atoms with Crippen LogP contribution in [-0.4, -0.2) is 54.0 Å². The number of hydrogen-bond donors (Lipinski definition) is 1. The number of carbonyl (C=O) groups is 1. The molecule has 17 heavy (non-hydrogen) atoms. The fourth-order valence-corrected chi connectivity index (χ4v) is 3.27. The van der Waals surface area contributed by atoms with Crippen LogP contribution in [-0.2, 0) is 4.79 Å². The summed E-state index contributed by atoms with van der Waals surface area (Å²) in [4.78, 5) is 16.8. The van der Waals surface area contributed by atoms with Gasteiger partial charge in [-0.2, -0.15) is 0 Å². The van der Waals surface area contributed by atoms with Crippen LogP contribution >= 0.6 is 0 Å². The molecule has 0 aromatic carbocycles. The van der Waals surface area contributed by atoms with E-state index in [9.17, 15) is 4.79 Å². The van der Waals surface area contributed by atoms with Crippen molar-refractivity contribution in [3.63, 3.8) is 0 Å². The molecule has 2 unspecified atom stereocenters. The first-order valence-corrected chi connectivity index (χ1v) is 6.88. The largest absolute Gasteiger partial charge is 0.338 e. The molecule has 1 aliphatic carbocycles. The van der Waals surface area contributed by atoms with Crippen LogP contribution in [0.1, 0.15) is 32.6 Å². The number of amides is 1. The number of rotatable bonds is 3. The predicted octanol–water partition coefficient (Wildman–Crippen LogP) is 0.420. The van der Waals surface area contributed by atoms with Gasteiger partial charge in [-0.3, -0.25) is 9.69 Å². The van der Waals surface area contributed by atoms with Gasteiger partial charge >= 0.3 is 0 Å². The van der Waals surface area contributed by atoms with Gasteiger partial charge in [-0.25, -0.2) is 0 Å². The summed E-state index contributed by atoms with van der Waals surface area (Å²) in [5.41, 5.74) is 6.06. The zero-order chi connectivity index (χ0) is 12.0. The van der Waals surface area contributed by atoms with Gasteiger partial charge in [0.1, 0.15) is 0 Å². The van der Waals surface area contributed by atoms with E-state index in [1.54, 1.807) is 0 Å². The highest BCUT2D eigenvalue weighted by Crippen LogP contribution is 2.36. The summed E-state index contributed by atoms with van der Waals surface area (Å²) in [5, 5.41) is 0. The second kappa shape index (κ2) is 3.95. The van der Waals surface area contributed by atoms with Crippen molar-refractivity contribution in [3.8, 4) is 0 Å². The van der Waals surface area contributed by atoms with Gasteiger partial charge < -0.3 is 10.6 Å². The van der Waals surface area contributed by atoms with E-state index in [-0.39, 0.29) is 11.5 Å². The Balaban J connectivity index is 1.64. The molecule has 2 heterocycles. The minimum absolute atomic E-state index is 0.156. The lowest BCUT2D eigenvalue weighted by Gasteiger charge is -2.26. The summed E-state index contributed by atoms with van der Waals surface area (Å²) in [6.45, 7) is 5.99. The Labute approximate surface area is 103 Å². The van der Waals surface area contributed by atoms with Crippen molar-refractivity contribution in [3.05, 3.63) is 0 Å². The Morgan fingerprint density at radius 3 is 2.71 bits per heavy atom. The highest BCUT2D eigenvalue weighted by atomic mass is 16.2. The molecule has 1 saturated carbocycles. The molecule has 3 rings (SSSR count). The van der Waals surface area contributed by atoms with E-state index in [0.717, 1.165) is 39.0 Å². The van der Waals surface area contributed by atoms with Crippen LogP contribution < -0.4 is 5.73 Å². The van der Waals surface area contributed by atoms with Gasteiger partial charge in [0, 0.05) is 19.1 Å². The van der Waals surface area contributed by atoms with Crippen molar-refractivity contribution >= 4 is 5.91 Å². The van der Waals surface area contributed by atoms with Gasteiger partial charge in [0.2, 0.25) is 5.91 Å². The van der Waals surface area contributed by atoms with Gasteiger partial charge in [-0.05, 0) is 44.2 Å². The maximum atomic E-state index is 12.3. The topological polar surface area (TPSA) is 49.6 Å². The van der Waals surface area contributed by atoms with Crippen LogP contribution in [0.5, 0.6) is 0 Å². The Bertz CT molecular complexity index is 329. The van der Waals surface area contributed by atoms with E-state index in [4.69, 9.17) is 5.73 Å². The molecule has 3 fully saturated rings. The molecule has 0 bridgehead atoms. The average molecular weight is 237 g/mol. The van der Waals surface area contributed by atoms with Crippen molar-refractivity contribution in [2.45, 2.75) is 44.7 Å². The van der Waals surface area contributed by atoms with Crippen molar-refractivity contribution in [2.75, 3.05) is 26.2 Å². The minimum Gasteiger partial charge on any atom is -0.338 e. The van der Waals surface area contributed by atoms with Crippen LogP contribution in [0.2, 0.25) is 0 Å². The quantitative estimate of drug-likeness (QED) is 0.774. The van der Waals surface area contributed by atoms with E-state index in [0.29, 0.717) is 11.9 Å². The van der Waals surface area contributed by atoms with Gasteiger partial charge in [-0.15, -0.1) is 0 Å². The molecular weight excluding hydrogens is 214 g/mol. The molecule has 2 saturated heterocycles. The third-order valence-electron chi connectivity index (χ3n) is 4.72. The Hall–Kier alpha value is -0.610. The van der Waals surface area contributed by atoms with E-state index in [1.807, 2.05) is 0 Å². The summed E-state index contributed by atoms with van der Waals surface area (Å²) in [7, 11) is 0. The summed E-state index contributed by atoms with van der Waals surface area (Å²) in [6.07, 6.45) is 4.60. The molecule has 2 atom stereocenters. The molecule has 0 aromatic heterocycles. The monoisotopic (exact) mass is 237 g/mol. The third kappa shape index (κ3) is 1.97. The lowest BCUT2D eigenvalue weighted by Crippen LogP contribution is -2.42. The molecule has 0 radical (unpaired) electrons. The van der Waals surface area contributed by atoms with Gasteiger partial charge in [0.05, 0.1) is 6.04 Å². The van der Waals surface area contributed by atoms with E-state index >= 15 is 0 Å². The maximum absolute atomic E-state index is 12.3. The summed E-state index contributed by atoms with van der Waals surface area (Å²) in [5.74, 6) is 0.383.